The molecular weight excluding hydrogens is 226 g/mol. The number of nitrogens with zero attached hydrogens (tertiary/aromatic N) is 3. The highest BCUT2D eigenvalue weighted by molar-refractivity contribution is 6.30. The number of anilines is 1. The van der Waals surface area contributed by atoms with Crippen LogP contribution >= 0.6 is 11.6 Å². The van der Waals surface area contributed by atoms with Gasteiger partial charge in [-0.2, -0.15) is 0 Å². The maximum Gasteiger partial charge on any atom is 0.137 e. The topological polar surface area (TPSA) is 49.2 Å². The summed E-state index contributed by atoms with van der Waals surface area (Å²) in [5.41, 5.74) is 0.870. The number of hydrogen-bond acceptors (Lipinski definition) is 4. The van der Waals surface area contributed by atoms with Gasteiger partial charge in [0.15, 0.2) is 0 Å². The first-order chi connectivity index (χ1) is 7.63. The van der Waals surface area contributed by atoms with E-state index < -0.39 is 0 Å². The van der Waals surface area contributed by atoms with Crippen LogP contribution in [0.25, 0.3) is 0 Å². The van der Waals surface area contributed by atoms with E-state index in [-0.39, 0.29) is 6.61 Å². The summed E-state index contributed by atoms with van der Waals surface area (Å²) in [5.74, 6) is 1.57. The van der Waals surface area contributed by atoms with Crippen LogP contribution in [0.5, 0.6) is 0 Å². The van der Waals surface area contributed by atoms with Crippen molar-refractivity contribution in [2.24, 2.45) is 0 Å². The Morgan fingerprint density at radius 1 is 1.31 bits per heavy atom. The lowest BCUT2D eigenvalue weighted by atomic mass is 10.3. The van der Waals surface area contributed by atoms with Gasteiger partial charge in [0.25, 0.3) is 0 Å². The van der Waals surface area contributed by atoms with Crippen molar-refractivity contribution >= 4 is 17.4 Å². The van der Waals surface area contributed by atoms with Crippen molar-refractivity contribution in [2.45, 2.75) is 27.2 Å². The molecule has 0 fully saturated rings. The summed E-state index contributed by atoms with van der Waals surface area (Å²) in [4.78, 5) is 10.7. The Morgan fingerprint density at radius 3 is 2.50 bits per heavy atom. The lowest BCUT2D eigenvalue weighted by molar-refractivity contribution is 0.302. The van der Waals surface area contributed by atoms with Gasteiger partial charge in [-0.3, -0.25) is 0 Å². The number of hydrogen-bond donors (Lipinski definition) is 1. The van der Waals surface area contributed by atoms with E-state index in [4.69, 9.17) is 16.7 Å². The van der Waals surface area contributed by atoms with E-state index in [9.17, 15) is 0 Å². The van der Waals surface area contributed by atoms with Gasteiger partial charge in [0.05, 0.1) is 6.61 Å². The lowest BCUT2D eigenvalue weighted by Gasteiger charge is -2.23. The van der Waals surface area contributed by atoms with Gasteiger partial charge in [0.1, 0.15) is 16.8 Å². The van der Waals surface area contributed by atoms with Crippen molar-refractivity contribution < 1.29 is 5.11 Å². The van der Waals surface area contributed by atoms with E-state index >= 15 is 0 Å². The fourth-order valence-corrected chi connectivity index (χ4v) is 1.70. The minimum atomic E-state index is 0.108. The van der Waals surface area contributed by atoms with Crippen molar-refractivity contribution in [1.29, 1.82) is 0 Å². The molecule has 90 valence electrons. The molecule has 5 heteroatoms. The first-order valence-corrected chi connectivity index (χ1v) is 5.90. The molecule has 0 saturated carbocycles. The maximum absolute atomic E-state index is 9.00. The molecule has 0 aliphatic rings. The van der Waals surface area contributed by atoms with Crippen LogP contribution in [0.1, 0.15) is 25.2 Å². The van der Waals surface area contributed by atoms with Crippen molar-refractivity contribution in [3.8, 4) is 0 Å². The SMILES string of the molecule is CCc1nc(Cl)c(C)c(N(CC)CCO)n1. The molecule has 16 heavy (non-hydrogen) atoms. The Hall–Kier alpha value is -0.870. The molecule has 0 spiro atoms. The molecule has 0 aromatic carbocycles. The van der Waals surface area contributed by atoms with Crippen molar-refractivity contribution in [3.63, 3.8) is 0 Å². The third-order valence-corrected chi connectivity index (χ3v) is 2.84. The maximum atomic E-state index is 9.00. The number of aliphatic hydroxyl groups is 1. The third kappa shape index (κ3) is 2.83. The Labute approximate surface area is 101 Å². The fraction of sp³-hybridized carbons (Fsp3) is 0.636. The van der Waals surface area contributed by atoms with Crippen LogP contribution in [-0.4, -0.2) is 34.8 Å². The zero-order valence-electron chi connectivity index (χ0n) is 10.00. The summed E-state index contributed by atoms with van der Waals surface area (Å²) in [7, 11) is 0. The predicted molar refractivity (Wildman–Crippen MR) is 66.1 cm³/mol. The van der Waals surface area contributed by atoms with Gasteiger partial charge >= 0.3 is 0 Å². The molecule has 0 aliphatic carbocycles. The average Bonchev–Trinajstić information content (AvgIpc) is 2.29. The highest BCUT2D eigenvalue weighted by Gasteiger charge is 2.13. The lowest BCUT2D eigenvalue weighted by Crippen LogP contribution is -2.28. The largest absolute Gasteiger partial charge is 0.395 e. The molecular formula is C11H18ClN3O. The molecule has 0 saturated heterocycles. The molecule has 1 rings (SSSR count). The second-order valence-electron chi connectivity index (χ2n) is 3.54. The van der Waals surface area contributed by atoms with E-state index in [1.165, 1.54) is 0 Å². The van der Waals surface area contributed by atoms with Crippen molar-refractivity contribution in [3.05, 3.63) is 16.5 Å². The van der Waals surface area contributed by atoms with Crippen LogP contribution in [0.3, 0.4) is 0 Å². The Kier molecular flexibility index (Phi) is 4.96. The predicted octanol–water partition coefficient (Wildman–Crippen LogP) is 1.82. The molecule has 1 aromatic heterocycles. The quantitative estimate of drug-likeness (QED) is 0.802. The highest BCUT2D eigenvalue weighted by atomic mass is 35.5. The van der Waals surface area contributed by atoms with Crippen LogP contribution in [0.2, 0.25) is 5.15 Å². The number of rotatable bonds is 5. The van der Waals surface area contributed by atoms with Gasteiger partial charge in [-0.25, -0.2) is 9.97 Å². The number of aryl methyl sites for hydroxylation is 1. The summed E-state index contributed by atoms with van der Waals surface area (Å²) in [6.07, 6.45) is 0.754. The monoisotopic (exact) mass is 243 g/mol. The zero-order chi connectivity index (χ0) is 12.1. The first-order valence-electron chi connectivity index (χ1n) is 5.52. The number of aromatic nitrogens is 2. The third-order valence-electron chi connectivity index (χ3n) is 2.47. The summed E-state index contributed by atoms with van der Waals surface area (Å²) >= 11 is 6.06. The van der Waals surface area contributed by atoms with E-state index in [1.807, 2.05) is 25.7 Å². The number of aliphatic hydroxyl groups excluding tert-OH is 1. The van der Waals surface area contributed by atoms with E-state index in [1.54, 1.807) is 0 Å². The van der Waals surface area contributed by atoms with Crippen molar-refractivity contribution in [2.75, 3.05) is 24.6 Å². The van der Waals surface area contributed by atoms with Crippen LogP contribution in [-0.2, 0) is 6.42 Å². The van der Waals surface area contributed by atoms with Crippen LogP contribution in [0.15, 0.2) is 0 Å². The molecule has 0 atom stereocenters. The van der Waals surface area contributed by atoms with Gasteiger partial charge in [0.2, 0.25) is 0 Å². The molecule has 1 heterocycles. The van der Waals surface area contributed by atoms with Gasteiger partial charge in [-0.05, 0) is 13.8 Å². The van der Waals surface area contributed by atoms with Crippen molar-refractivity contribution in [1.82, 2.24) is 9.97 Å². The number of likely N-dealkylation sites (N-methyl/N-ethyl adjacent to an activating group) is 1. The number of halogens is 1. The van der Waals surface area contributed by atoms with Gasteiger partial charge in [-0.15, -0.1) is 0 Å². The molecule has 0 bridgehead atoms. The van der Waals surface area contributed by atoms with Gasteiger partial charge in [0, 0.05) is 25.1 Å². The van der Waals surface area contributed by atoms with E-state index in [0.29, 0.717) is 11.7 Å². The van der Waals surface area contributed by atoms with Crippen LogP contribution in [0.4, 0.5) is 5.82 Å². The highest BCUT2D eigenvalue weighted by Crippen LogP contribution is 2.23. The molecule has 0 unspecified atom stereocenters. The normalized spacial score (nSPS) is 10.6. The smallest absolute Gasteiger partial charge is 0.137 e. The molecule has 0 radical (unpaired) electrons. The minimum absolute atomic E-state index is 0.108. The van der Waals surface area contributed by atoms with Gasteiger partial charge in [-0.1, -0.05) is 18.5 Å². The standard InChI is InChI=1S/C11H18ClN3O/c1-4-9-13-10(12)8(3)11(14-9)15(5-2)6-7-16/h16H,4-7H2,1-3H3. The van der Waals surface area contributed by atoms with E-state index in [2.05, 4.69) is 9.97 Å². The summed E-state index contributed by atoms with van der Waals surface area (Å²) in [6, 6.07) is 0. The van der Waals surface area contributed by atoms with Gasteiger partial charge < -0.3 is 10.0 Å². The summed E-state index contributed by atoms with van der Waals surface area (Å²) in [6.45, 7) is 7.38. The summed E-state index contributed by atoms with van der Waals surface area (Å²) < 4.78 is 0. The molecule has 1 N–H and O–H groups in total. The minimum Gasteiger partial charge on any atom is -0.395 e. The van der Waals surface area contributed by atoms with Crippen LogP contribution < -0.4 is 4.90 Å². The zero-order valence-corrected chi connectivity index (χ0v) is 10.8. The average molecular weight is 244 g/mol. The first kappa shape index (κ1) is 13.2. The molecule has 0 aliphatic heterocycles. The fourth-order valence-electron chi connectivity index (χ4n) is 1.52. The molecule has 0 amide bonds. The Morgan fingerprint density at radius 2 is 2.00 bits per heavy atom. The van der Waals surface area contributed by atoms with Crippen LogP contribution in [0, 0.1) is 6.92 Å². The molecule has 1 aromatic rings. The molecule has 4 nitrogen and oxygen atoms in total. The Bertz CT molecular complexity index is 357. The second-order valence-corrected chi connectivity index (χ2v) is 3.89. The summed E-state index contributed by atoms with van der Waals surface area (Å²) in [5, 5.41) is 9.50. The van der Waals surface area contributed by atoms with E-state index in [0.717, 1.165) is 30.2 Å². The second kappa shape index (κ2) is 6.01. The Balaban J connectivity index is 3.13.